The number of aliphatic hydroxyl groups is 1. The molecule has 6 heteroatoms. The van der Waals surface area contributed by atoms with Crippen LogP contribution in [0.5, 0.6) is 0 Å². The van der Waals surface area contributed by atoms with Gasteiger partial charge in [0.15, 0.2) is 0 Å². The number of alkyl halides is 2. The highest BCUT2D eigenvalue weighted by atomic mass is 35.5. The Hall–Kier alpha value is -1.10. The van der Waals surface area contributed by atoms with E-state index < -0.39 is 23.4 Å². The molecule has 4 atom stereocenters. The number of esters is 1. The molecule has 0 spiro atoms. The number of carbonyl (C=O) groups is 1. The monoisotopic (exact) mass is 275 g/mol. The Balaban J connectivity index is 2.21. The first-order chi connectivity index (χ1) is 8.54. The lowest BCUT2D eigenvalue weighted by atomic mass is 9.79. The van der Waals surface area contributed by atoms with Crippen molar-refractivity contribution >= 4 is 23.8 Å². The molecule has 0 aromatic rings. The molecule has 2 rings (SSSR count). The van der Waals surface area contributed by atoms with Crippen LogP contribution in [-0.4, -0.2) is 41.5 Å². The van der Waals surface area contributed by atoms with E-state index in [9.17, 15) is 14.3 Å². The van der Waals surface area contributed by atoms with Crippen LogP contribution >= 0.6 is 11.6 Å². The molecule has 2 aliphatic rings. The Bertz CT molecular complexity index is 410. The van der Waals surface area contributed by atoms with Crippen LogP contribution in [0.25, 0.3) is 0 Å². The van der Waals surface area contributed by atoms with E-state index in [0.29, 0.717) is 6.42 Å². The molecular formula is C12H15ClFNO3. The summed E-state index contributed by atoms with van der Waals surface area (Å²) in [5.74, 6) is -1.22. The third kappa shape index (κ3) is 2.36. The fourth-order valence-corrected chi connectivity index (χ4v) is 2.64. The highest BCUT2D eigenvalue weighted by Crippen LogP contribution is 2.38. The van der Waals surface area contributed by atoms with E-state index >= 15 is 0 Å². The van der Waals surface area contributed by atoms with Gasteiger partial charge in [0.05, 0.1) is 18.0 Å². The average molecular weight is 276 g/mol. The van der Waals surface area contributed by atoms with Gasteiger partial charge in [-0.1, -0.05) is 0 Å². The van der Waals surface area contributed by atoms with Crippen LogP contribution in [0.15, 0.2) is 16.3 Å². The van der Waals surface area contributed by atoms with Gasteiger partial charge < -0.3 is 9.84 Å². The number of carbonyl (C=O) groups excluding carboxylic acids is 1. The fourth-order valence-electron chi connectivity index (χ4n) is 2.35. The van der Waals surface area contributed by atoms with Crippen LogP contribution in [0, 0.1) is 5.92 Å². The van der Waals surface area contributed by atoms with E-state index in [1.807, 2.05) is 0 Å². The maximum absolute atomic E-state index is 13.6. The molecular weight excluding hydrogens is 261 g/mol. The van der Waals surface area contributed by atoms with Crippen molar-refractivity contribution in [2.75, 3.05) is 6.61 Å². The smallest absolute Gasteiger partial charge is 0.343 e. The average Bonchev–Trinajstić information content (AvgIpc) is 2.32. The summed E-state index contributed by atoms with van der Waals surface area (Å²) in [6, 6.07) is -0.252. The number of nitrogens with zero attached hydrogens (tertiary/aromatic N) is 1. The Kier molecular flexibility index (Phi) is 3.90. The third-order valence-electron chi connectivity index (χ3n) is 3.32. The second-order valence-corrected chi connectivity index (χ2v) is 5.04. The fraction of sp³-hybridized carbons (Fsp3) is 0.667. The number of ether oxygens (including phenoxy) is 1. The minimum absolute atomic E-state index is 0.0262. The van der Waals surface area contributed by atoms with E-state index in [-0.39, 0.29) is 30.4 Å². The summed E-state index contributed by atoms with van der Waals surface area (Å²) in [5, 5.41) is 9.46. The van der Waals surface area contributed by atoms with E-state index in [1.165, 1.54) is 6.21 Å². The lowest BCUT2D eigenvalue weighted by Crippen LogP contribution is -2.40. The zero-order chi connectivity index (χ0) is 13.3. The number of dihydropyridines is 1. The summed E-state index contributed by atoms with van der Waals surface area (Å²) < 4.78 is 18.4. The van der Waals surface area contributed by atoms with Gasteiger partial charge in [0.25, 0.3) is 0 Å². The number of rotatable bonds is 2. The van der Waals surface area contributed by atoms with Gasteiger partial charge in [-0.15, -0.1) is 11.6 Å². The number of hydrogen-bond donors (Lipinski definition) is 1. The van der Waals surface area contributed by atoms with Gasteiger partial charge in [-0.25, -0.2) is 9.18 Å². The summed E-state index contributed by atoms with van der Waals surface area (Å²) in [5.41, 5.74) is 0.0262. The quantitative estimate of drug-likeness (QED) is 0.621. The molecule has 1 saturated carbocycles. The van der Waals surface area contributed by atoms with Gasteiger partial charge in [-0.3, -0.25) is 4.99 Å². The minimum Gasteiger partial charge on any atom is -0.511 e. The second-order valence-electron chi connectivity index (χ2n) is 4.47. The molecule has 0 radical (unpaired) electrons. The largest absolute Gasteiger partial charge is 0.511 e. The number of fused-ring (bicyclic) bond motifs is 1. The second kappa shape index (κ2) is 5.26. The summed E-state index contributed by atoms with van der Waals surface area (Å²) in [6.07, 6.45) is 0.567. The molecule has 1 heterocycles. The summed E-state index contributed by atoms with van der Waals surface area (Å²) in [4.78, 5) is 15.8. The number of aliphatic imine (C=N–C) groups is 1. The predicted octanol–water partition coefficient (Wildman–Crippen LogP) is 2.17. The first-order valence-electron chi connectivity index (χ1n) is 5.96. The van der Waals surface area contributed by atoms with Gasteiger partial charge in [-0.2, -0.15) is 0 Å². The van der Waals surface area contributed by atoms with Crippen molar-refractivity contribution in [2.24, 2.45) is 10.9 Å². The van der Waals surface area contributed by atoms with Crippen molar-refractivity contribution in [2.45, 2.75) is 37.4 Å². The van der Waals surface area contributed by atoms with Gasteiger partial charge in [-0.05, 0) is 19.8 Å². The molecule has 1 aliphatic carbocycles. The molecule has 0 saturated heterocycles. The molecule has 4 unspecified atom stereocenters. The molecule has 18 heavy (non-hydrogen) atoms. The topological polar surface area (TPSA) is 58.9 Å². The van der Waals surface area contributed by atoms with Crippen LogP contribution < -0.4 is 0 Å². The van der Waals surface area contributed by atoms with Crippen LogP contribution in [0.3, 0.4) is 0 Å². The van der Waals surface area contributed by atoms with Gasteiger partial charge in [0.1, 0.15) is 17.5 Å². The number of aliphatic hydroxyl groups excluding tert-OH is 1. The lowest BCUT2D eigenvalue weighted by Gasteiger charge is -2.35. The van der Waals surface area contributed by atoms with Crippen LogP contribution in [0.2, 0.25) is 0 Å². The highest BCUT2D eigenvalue weighted by molar-refractivity contribution is 6.21. The molecule has 4 nitrogen and oxygen atoms in total. The van der Waals surface area contributed by atoms with Crippen molar-refractivity contribution in [1.82, 2.24) is 0 Å². The maximum atomic E-state index is 13.6. The summed E-state index contributed by atoms with van der Waals surface area (Å²) >= 11 is 5.85. The van der Waals surface area contributed by atoms with Crippen LogP contribution in [0.1, 0.15) is 19.8 Å². The van der Waals surface area contributed by atoms with Gasteiger partial charge in [0.2, 0.25) is 0 Å². The number of halogens is 2. The van der Waals surface area contributed by atoms with Crippen molar-refractivity contribution in [3.8, 4) is 0 Å². The maximum Gasteiger partial charge on any atom is 0.343 e. The van der Waals surface area contributed by atoms with Crippen molar-refractivity contribution in [3.63, 3.8) is 0 Å². The zero-order valence-electron chi connectivity index (χ0n) is 9.97. The molecule has 0 aromatic heterocycles. The van der Waals surface area contributed by atoms with E-state index in [4.69, 9.17) is 16.3 Å². The summed E-state index contributed by atoms with van der Waals surface area (Å²) in [7, 11) is 0. The van der Waals surface area contributed by atoms with Crippen LogP contribution in [-0.2, 0) is 9.53 Å². The molecule has 100 valence electrons. The standard InChI is InChI=1S/C12H15ClFNO3/c1-2-18-12(17)7-5-15-10-4-8(13)9(14)3-6(10)11(7)16/h5-6,8-10,16H,2-4H2,1H3. The van der Waals surface area contributed by atoms with E-state index in [1.54, 1.807) is 6.92 Å². The minimum atomic E-state index is -1.19. The Morgan fingerprint density at radius 3 is 3.06 bits per heavy atom. The Morgan fingerprint density at radius 2 is 2.39 bits per heavy atom. The molecule has 0 amide bonds. The number of hydrogen-bond acceptors (Lipinski definition) is 4. The molecule has 0 aromatic carbocycles. The Labute approximate surface area is 109 Å². The highest BCUT2D eigenvalue weighted by Gasteiger charge is 2.41. The predicted molar refractivity (Wildman–Crippen MR) is 65.8 cm³/mol. The first kappa shape index (κ1) is 13.3. The molecule has 1 N–H and O–H groups in total. The van der Waals surface area contributed by atoms with E-state index in [2.05, 4.69) is 4.99 Å². The zero-order valence-corrected chi connectivity index (χ0v) is 10.7. The SMILES string of the molecule is CCOC(=O)C1=C(O)C2CC(F)C(Cl)CC2N=C1. The Morgan fingerprint density at radius 1 is 1.67 bits per heavy atom. The van der Waals surface area contributed by atoms with E-state index in [0.717, 1.165) is 0 Å². The van der Waals surface area contributed by atoms with Crippen molar-refractivity contribution in [1.29, 1.82) is 0 Å². The first-order valence-corrected chi connectivity index (χ1v) is 6.39. The normalized spacial score (nSPS) is 35.3. The third-order valence-corrected chi connectivity index (χ3v) is 3.77. The van der Waals surface area contributed by atoms with Crippen LogP contribution in [0.4, 0.5) is 4.39 Å². The molecule has 0 bridgehead atoms. The molecule has 1 aliphatic heterocycles. The van der Waals surface area contributed by atoms with Crippen molar-refractivity contribution < 1.29 is 19.0 Å². The van der Waals surface area contributed by atoms with Gasteiger partial charge >= 0.3 is 5.97 Å². The molecule has 1 fully saturated rings. The lowest BCUT2D eigenvalue weighted by molar-refractivity contribution is -0.138. The van der Waals surface area contributed by atoms with Crippen molar-refractivity contribution in [3.05, 3.63) is 11.3 Å². The van der Waals surface area contributed by atoms with Gasteiger partial charge in [0, 0.05) is 12.1 Å². The summed E-state index contributed by atoms with van der Waals surface area (Å²) in [6.45, 7) is 1.89.